The number of hydrogen-bond acceptors (Lipinski definition) is 5. The molecule has 0 saturated heterocycles. The molecule has 1 amide bonds. The van der Waals surface area contributed by atoms with Crippen LogP contribution in [0.1, 0.15) is 24.6 Å². The zero-order valence-corrected chi connectivity index (χ0v) is 12.7. The van der Waals surface area contributed by atoms with E-state index in [1.807, 2.05) is 17.5 Å². The SMILES string of the molecule is CC(=O)Nc1nc(CN2CCCc3c(N)cccc32)cs1. The lowest BCUT2D eigenvalue weighted by Crippen LogP contribution is -2.29. The van der Waals surface area contributed by atoms with E-state index in [2.05, 4.69) is 21.3 Å². The molecule has 0 spiro atoms. The number of carbonyl (C=O) groups is 1. The van der Waals surface area contributed by atoms with Crippen LogP contribution >= 0.6 is 11.3 Å². The molecule has 1 aromatic carbocycles. The molecule has 3 rings (SSSR count). The van der Waals surface area contributed by atoms with Crippen molar-refractivity contribution in [2.45, 2.75) is 26.3 Å². The zero-order valence-electron chi connectivity index (χ0n) is 11.9. The van der Waals surface area contributed by atoms with Crippen molar-refractivity contribution in [3.8, 4) is 0 Å². The molecule has 1 aliphatic rings. The van der Waals surface area contributed by atoms with E-state index in [9.17, 15) is 4.79 Å². The van der Waals surface area contributed by atoms with Gasteiger partial charge >= 0.3 is 0 Å². The number of rotatable bonds is 3. The van der Waals surface area contributed by atoms with E-state index >= 15 is 0 Å². The number of anilines is 3. The highest BCUT2D eigenvalue weighted by atomic mass is 32.1. The first-order chi connectivity index (χ1) is 10.1. The highest BCUT2D eigenvalue weighted by Gasteiger charge is 2.19. The minimum Gasteiger partial charge on any atom is -0.398 e. The Morgan fingerprint density at radius 2 is 2.38 bits per heavy atom. The summed E-state index contributed by atoms with van der Waals surface area (Å²) in [4.78, 5) is 17.8. The summed E-state index contributed by atoms with van der Waals surface area (Å²) >= 11 is 1.46. The predicted molar refractivity (Wildman–Crippen MR) is 86.6 cm³/mol. The van der Waals surface area contributed by atoms with Crippen LogP contribution < -0.4 is 16.0 Å². The van der Waals surface area contributed by atoms with Crippen LogP contribution in [-0.2, 0) is 17.8 Å². The lowest BCUT2D eigenvalue weighted by molar-refractivity contribution is -0.114. The maximum Gasteiger partial charge on any atom is 0.223 e. The molecule has 1 aromatic heterocycles. The van der Waals surface area contributed by atoms with Crippen LogP contribution in [0.3, 0.4) is 0 Å². The Balaban J connectivity index is 1.79. The number of nitrogens with zero attached hydrogens (tertiary/aromatic N) is 2. The van der Waals surface area contributed by atoms with E-state index in [0.29, 0.717) is 5.13 Å². The summed E-state index contributed by atoms with van der Waals surface area (Å²) in [5, 5.41) is 5.37. The maximum absolute atomic E-state index is 11.0. The number of amides is 1. The zero-order chi connectivity index (χ0) is 14.8. The van der Waals surface area contributed by atoms with E-state index < -0.39 is 0 Å². The Kier molecular flexibility index (Phi) is 3.79. The van der Waals surface area contributed by atoms with Gasteiger partial charge in [0.05, 0.1) is 12.2 Å². The molecule has 2 aromatic rings. The second kappa shape index (κ2) is 5.73. The van der Waals surface area contributed by atoms with Gasteiger partial charge < -0.3 is 16.0 Å². The summed E-state index contributed by atoms with van der Waals surface area (Å²) in [6.45, 7) is 3.24. The van der Waals surface area contributed by atoms with Crippen molar-refractivity contribution >= 4 is 33.8 Å². The van der Waals surface area contributed by atoms with Crippen LogP contribution in [0.4, 0.5) is 16.5 Å². The first-order valence-corrected chi connectivity index (χ1v) is 7.86. The van der Waals surface area contributed by atoms with Gasteiger partial charge in [-0.25, -0.2) is 4.98 Å². The number of carbonyl (C=O) groups excluding carboxylic acids is 1. The molecule has 1 aliphatic heterocycles. The molecular formula is C15H18N4OS. The van der Waals surface area contributed by atoms with E-state index in [4.69, 9.17) is 5.73 Å². The standard InChI is InChI=1S/C15H18N4OS/c1-10(20)17-15-18-11(9-21-15)8-19-7-3-4-12-13(16)5-2-6-14(12)19/h2,5-6,9H,3-4,7-8,16H2,1H3,(H,17,18,20). The fraction of sp³-hybridized carbons (Fsp3) is 0.333. The van der Waals surface area contributed by atoms with Crippen molar-refractivity contribution in [2.24, 2.45) is 0 Å². The van der Waals surface area contributed by atoms with Crippen LogP contribution in [0.2, 0.25) is 0 Å². The maximum atomic E-state index is 11.0. The third-order valence-electron chi connectivity index (χ3n) is 3.57. The monoisotopic (exact) mass is 302 g/mol. The Morgan fingerprint density at radius 1 is 1.52 bits per heavy atom. The van der Waals surface area contributed by atoms with Gasteiger partial charge in [0.2, 0.25) is 5.91 Å². The number of nitrogens with two attached hydrogens (primary N) is 1. The third kappa shape index (κ3) is 3.00. The molecule has 0 radical (unpaired) electrons. The molecule has 21 heavy (non-hydrogen) atoms. The number of fused-ring (bicyclic) bond motifs is 1. The van der Waals surface area contributed by atoms with Gasteiger partial charge in [-0.15, -0.1) is 11.3 Å². The van der Waals surface area contributed by atoms with Crippen molar-refractivity contribution < 1.29 is 4.79 Å². The smallest absolute Gasteiger partial charge is 0.223 e. The third-order valence-corrected chi connectivity index (χ3v) is 4.38. The van der Waals surface area contributed by atoms with Crippen LogP contribution in [0.5, 0.6) is 0 Å². The number of nitrogen functional groups attached to an aromatic ring is 1. The van der Waals surface area contributed by atoms with Crippen molar-refractivity contribution in [3.63, 3.8) is 0 Å². The summed E-state index contributed by atoms with van der Waals surface area (Å²) in [7, 11) is 0. The van der Waals surface area contributed by atoms with Gasteiger partial charge in [-0.2, -0.15) is 0 Å². The molecule has 5 nitrogen and oxygen atoms in total. The predicted octanol–water partition coefficient (Wildman–Crippen LogP) is 2.64. The van der Waals surface area contributed by atoms with Crippen LogP contribution in [-0.4, -0.2) is 17.4 Å². The minimum absolute atomic E-state index is 0.0907. The fourth-order valence-electron chi connectivity index (χ4n) is 2.68. The van der Waals surface area contributed by atoms with Gasteiger partial charge in [-0.1, -0.05) is 6.07 Å². The average molecular weight is 302 g/mol. The summed E-state index contributed by atoms with van der Waals surface area (Å²) in [5.74, 6) is -0.0907. The Morgan fingerprint density at radius 3 is 3.19 bits per heavy atom. The first kappa shape index (κ1) is 13.9. The van der Waals surface area contributed by atoms with Crippen molar-refractivity contribution in [3.05, 3.63) is 34.8 Å². The normalized spacial score (nSPS) is 13.9. The van der Waals surface area contributed by atoms with Gasteiger partial charge in [0, 0.05) is 30.2 Å². The number of aromatic nitrogens is 1. The summed E-state index contributed by atoms with van der Waals surface area (Å²) < 4.78 is 0. The lowest BCUT2D eigenvalue weighted by atomic mass is 10.00. The highest BCUT2D eigenvalue weighted by molar-refractivity contribution is 7.13. The number of nitrogens with one attached hydrogen (secondary N) is 1. The van der Waals surface area contributed by atoms with E-state index in [0.717, 1.165) is 37.3 Å². The minimum atomic E-state index is -0.0907. The lowest BCUT2D eigenvalue weighted by Gasteiger charge is -2.31. The first-order valence-electron chi connectivity index (χ1n) is 6.98. The van der Waals surface area contributed by atoms with Crippen LogP contribution in [0.25, 0.3) is 0 Å². The molecule has 0 saturated carbocycles. The average Bonchev–Trinajstić information content (AvgIpc) is 2.86. The topological polar surface area (TPSA) is 71.2 Å². The van der Waals surface area contributed by atoms with Crippen LogP contribution in [0.15, 0.2) is 23.6 Å². The molecule has 0 atom stereocenters. The van der Waals surface area contributed by atoms with E-state index in [1.54, 1.807) is 0 Å². The summed E-state index contributed by atoms with van der Waals surface area (Å²) in [6.07, 6.45) is 2.14. The number of thiazole rings is 1. The molecule has 6 heteroatoms. The van der Waals surface area contributed by atoms with Crippen LogP contribution in [0, 0.1) is 0 Å². The second-order valence-corrected chi connectivity index (χ2v) is 6.05. The van der Waals surface area contributed by atoms with E-state index in [-0.39, 0.29) is 5.91 Å². The number of benzene rings is 1. The van der Waals surface area contributed by atoms with Gasteiger partial charge in [-0.3, -0.25) is 4.79 Å². The van der Waals surface area contributed by atoms with Gasteiger partial charge in [0.15, 0.2) is 5.13 Å². The van der Waals surface area contributed by atoms with E-state index in [1.165, 1.54) is 29.5 Å². The molecule has 0 fully saturated rings. The van der Waals surface area contributed by atoms with Crippen molar-refractivity contribution in [1.82, 2.24) is 4.98 Å². The molecule has 2 heterocycles. The fourth-order valence-corrected chi connectivity index (χ4v) is 3.42. The highest BCUT2D eigenvalue weighted by Crippen LogP contribution is 2.32. The molecule has 0 unspecified atom stereocenters. The summed E-state index contributed by atoms with van der Waals surface area (Å²) in [5.41, 5.74) is 10.4. The van der Waals surface area contributed by atoms with Gasteiger partial charge in [0.1, 0.15) is 0 Å². The van der Waals surface area contributed by atoms with Gasteiger partial charge in [-0.05, 0) is 30.5 Å². The molecule has 0 bridgehead atoms. The largest absolute Gasteiger partial charge is 0.398 e. The van der Waals surface area contributed by atoms with Crippen molar-refractivity contribution in [1.29, 1.82) is 0 Å². The molecule has 0 aliphatic carbocycles. The molecular weight excluding hydrogens is 284 g/mol. The van der Waals surface area contributed by atoms with Crippen molar-refractivity contribution in [2.75, 3.05) is 22.5 Å². The second-order valence-electron chi connectivity index (χ2n) is 5.20. The van der Waals surface area contributed by atoms with Gasteiger partial charge in [0.25, 0.3) is 0 Å². The molecule has 110 valence electrons. The Bertz CT molecular complexity index is 667. The molecule has 3 N–H and O–H groups in total. The Labute approximate surface area is 127 Å². The Hall–Kier alpha value is -2.08. The summed E-state index contributed by atoms with van der Waals surface area (Å²) in [6, 6.07) is 6.07. The number of hydrogen-bond donors (Lipinski definition) is 2. The quantitative estimate of drug-likeness (QED) is 0.855.